The van der Waals surface area contributed by atoms with Gasteiger partial charge in [-0.15, -0.1) is 13.2 Å². The number of rotatable bonds is 2. The summed E-state index contributed by atoms with van der Waals surface area (Å²) in [5, 5.41) is 0. The van der Waals surface area contributed by atoms with Crippen LogP contribution in [0.4, 0.5) is 23.4 Å². The van der Waals surface area contributed by atoms with Crippen molar-refractivity contribution in [3.63, 3.8) is 0 Å². The van der Waals surface area contributed by atoms with Crippen molar-refractivity contribution in [2.24, 2.45) is 0 Å². The van der Waals surface area contributed by atoms with Crippen LogP contribution < -0.4 is 15.2 Å². The number of anilines is 1. The second-order valence-electron chi connectivity index (χ2n) is 8.46. The molecule has 6 rings (SSSR count). The Kier molecular flexibility index (Phi) is 4.57. The molecule has 4 heterocycles. The fraction of sp³-hybridized carbons (Fsp3) is 0.261. The number of nitrogen functional groups attached to an aromatic ring is 1. The van der Waals surface area contributed by atoms with Crippen LogP contribution in [0.3, 0.4) is 0 Å². The molecule has 0 spiro atoms. The van der Waals surface area contributed by atoms with Gasteiger partial charge >= 0.3 is 6.36 Å². The van der Waals surface area contributed by atoms with Gasteiger partial charge in [0.15, 0.2) is 11.6 Å². The molecule has 8 nitrogen and oxygen atoms in total. The number of carbonyl (C=O) groups is 1. The fourth-order valence-corrected chi connectivity index (χ4v) is 4.90. The number of imidazole rings is 1. The van der Waals surface area contributed by atoms with Crippen molar-refractivity contribution in [2.45, 2.75) is 31.3 Å². The number of aromatic nitrogens is 3. The molecule has 180 valence electrons. The third-order valence-corrected chi connectivity index (χ3v) is 6.35. The first kappa shape index (κ1) is 21.4. The Balaban J connectivity index is 1.38. The molecule has 12 heteroatoms. The van der Waals surface area contributed by atoms with Crippen LogP contribution in [0.2, 0.25) is 0 Å². The molecule has 2 atom stereocenters. The van der Waals surface area contributed by atoms with Crippen LogP contribution in [0, 0.1) is 5.82 Å². The molecule has 4 aromatic rings. The van der Waals surface area contributed by atoms with Crippen LogP contribution in [0.5, 0.6) is 11.5 Å². The predicted molar refractivity (Wildman–Crippen MR) is 115 cm³/mol. The van der Waals surface area contributed by atoms with E-state index >= 15 is 0 Å². The summed E-state index contributed by atoms with van der Waals surface area (Å²) in [6, 6.07) is 6.19. The van der Waals surface area contributed by atoms with Gasteiger partial charge in [-0.2, -0.15) is 0 Å². The fourth-order valence-electron chi connectivity index (χ4n) is 4.90. The molecule has 0 aliphatic carbocycles. The van der Waals surface area contributed by atoms with Gasteiger partial charge in [0, 0.05) is 23.7 Å². The highest BCUT2D eigenvalue weighted by Crippen LogP contribution is 2.47. The molecule has 1 fully saturated rings. The highest BCUT2D eigenvalue weighted by atomic mass is 19.4. The predicted octanol–water partition coefficient (Wildman–Crippen LogP) is 4.24. The van der Waals surface area contributed by atoms with Gasteiger partial charge in [-0.3, -0.25) is 9.20 Å². The molecule has 2 aromatic heterocycles. The van der Waals surface area contributed by atoms with E-state index in [1.165, 1.54) is 0 Å². The molecule has 2 aliphatic heterocycles. The van der Waals surface area contributed by atoms with E-state index in [0.29, 0.717) is 52.9 Å². The van der Waals surface area contributed by atoms with E-state index < -0.39 is 30.1 Å². The lowest BCUT2D eigenvalue weighted by molar-refractivity contribution is -0.275. The summed E-state index contributed by atoms with van der Waals surface area (Å²) in [6.45, 7) is 0.379. The van der Waals surface area contributed by atoms with Crippen molar-refractivity contribution in [1.82, 2.24) is 19.3 Å². The Hall–Kier alpha value is -4.09. The first-order valence-electron chi connectivity index (χ1n) is 10.8. The van der Waals surface area contributed by atoms with Crippen LogP contribution in [-0.4, -0.2) is 44.2 Å². The van der Waals surface area contributed by atoms with Crippen molar-refractivity contribution in [3.05, 3.63) is 59.8 Å². The van der Waals surface area contributed by atoms with Crippen molar-refractivity contribution in [2.75, 3.05) is 12.3 Å². The number of alkyl halides is 3. The van der Waals surface area contributed by atoms with E-state index in [0.717, 1.165) is 12.1 Å². The number of amides is 1. The molecule has 0 radical (unpaired) electrons. The highest BCUT2D eigenvalue weighted by molar-refractivity contribution is 5.98. The Morgan fingerprint density at radius 2 is 2.03 bits per heavy atom. The highest BCUT2D eigenvalue weighted by Gasteiger charge is 2.44. The molecule has 2 N–H and O–H groups in total. The number of fused-ring (bicyclic) bond motifs is 6. The first-order valence-corrected chi connectivity index (χ1v) is 10.8. The lowest BCUT2D eigenvalue weighted by atomic mass is 9.93. The zero-order valence-electron chi connectivity index (χ0n) is 17.9. The molecular formula is C23H17F4N5O3. The van der Waals surface area contributed by atoms with Gasteiger partial charge in [0.05, 0.1) is 29.6 Å². The Bertz CT molecular complexity index is 1500. The molecule has 1 saturated heterocycles. The van der Waals surface area contributed by atoms with Crippen molar-refractivity contribution in [1.29, 1.82) is 0 Å². The smallest absolute Gasteiger partial charge is 0.487 e. The monoisotopic (exact) mass is 487 g/mol. The van der Waals surface area contributed by atoms with Gasteiger partial charge in [0.1, 0.15) is 23.2 Å². The Morgan fingerprint density at radius 3 is 2.83 bits per heavy atom. The minimum atomic E-state index is -5.04. The average Bonchev–Trinajstić information content (AvgIpc) is 3.43. The number of likely N-dealkylation sites (tertiary alicyclic amines) is 1. The number of benzene rings is 2. The van der Waals surface area contributed by atoms with Gasteiger partial charge in [0.2, 0.25) is 0 Å². The second-order valence-corrected chi connectivity index (χ2v) is 8.46. The van der Waals surface area contributed by atoms with Crippen LogP contribution in [0.1, 0.15) is 34.8 Å². The standard InChI is InChI=1S/C23H17F4N5O3/c24-13-7-12-18(8-19(13)35-23(25,26)27)34-17-2-1-5-31(20(12)17)22(33)11-3-4-14-15(6-11)32-10-29-9-16(32)21(28)30-14/h3-4,6-10,17,20H,1-2,5H2,(H2,28,30)/t17?,20-/m0/s1. The summed E-state index contributed by atoms with van der Waals surface area (Å²) >= 11 is 0. The number of carbonyl (C=O) groups excluding carboxylic acids is 1. The first-order chi connectivity index (χ1) is 16.7. The maximum absolute atomic E-state index is 14.5. The molecule has 0 bridgehead atoms. The summed E-state index contributed by atoms with van der Waals surface area (Å²) in [5.74, 6) is -2.10. The lowest BCUT2D eigenvalue weighted by Gasteiger charge is -2.36. The zero-order chi connectivity index (χ0) is 24.5. The number of hydrogen-bond donors (Lipinski definition) is 1. The van der Waals surface area contributed by atoms with E-state index in [1.807, 2.05) is 0 Å². The summed E-state index contributed by atoms with van der Waals surface area (Å²) in [7, 11) is 0. The van der Waals surface area contributed by atoms with Crippen LogP contribution >= 0.6 is 0 Å². The van der Waals surface area contributed by atoms with Gasteiger partial charge < -0.3 is 20.1 Å². The van der Waals surface area contributed by atoms with Gasteiger partial charge in [-0.25, -0.2) is 14.4 Å². The number of nitrogens with two attached hydrogens (primary N) is 1. The van der Waals surface area contributed by atoms with E-state index in [9.17, 15) is 22.4 Å². The summed E-state index contributed by atoms with van der Waals surface area (Å²) in [5.41, 5.74) is 8.47. The lowest BCUT2D eigenvalue weighted by Crippen LogP contribution is -2.44. The normalized spacial score (nSPS) is 19.5. The number of hydrogen-bond acceptors (Lipinski definition) is 6. The molecule has 1 unspecified atom stereocenters. The Morgan fingerprint density at radius 1 is 1.20 bits per heavy atom. The van der Waals surface area contributed by atoms with E-state index in [1.54, 1.807) is 40.0 Å². The topological polar surface area (TPSA) is 95.0 Å². The number of piperidine rings is 1. The molecule has 35 heavy (non-hydrogen) atoms. The van der Waals surface area contributed by atoms with Crippen molar-refractivity contribution >= 4 is 28.3 Å². The van der Waals surface area contributed by atoms with Gasteiger partial charge in [0.25, 0.3) is 5.91 Å². The third-order valence-electron chi connectivity index (χ3n) is 6.35. The van der Waals surface area contributed by atoms with E-state index in [4.69, 9.17) is 10.5 Å². The summed E-state index contributed by atoms with van der Waals surface area (Å²) < 4.78 is 63.7. The van der Waals surface area contributed by atoms with E-state index in [-0.39, 0.29) is 11.7 Å². The molecule has 2 aliphatic rings. The third kappa shape index (κ3) is 3.47. The van der Waals surface area contributed by atoms with Crippen molar-refractivity contribution < 1.29 is 31.8 Å². The van der Waals surface area contributed by atoms with Crippen LogP contribution in [0.25, 0.3) is 16.6 Å². The van der Waals surface area contributed by atoms with Crippen LogP contribution in [0.15, 0.2) is 42.9 Å². The average molecular weight is 487 g/mol. The SMILES string of the molecule is Nc1nc2ccc(C(=O)N3CCCC4Oc5cc(OC(F)(F)F)c(F)cc5[C@@H]43)cc2n2cncc12. The maximum Gasteiger partial charge on any atom is 0.573 e. The summed E-state index contributed by atoms with van der Waals surface area (Å²) in [4.78, 5) is 23.6. The largest absolute Gasteiger partial charge is 0.573 e. The molecular weight excluding hydrogens is 470 g/mol. The summed E-state index contributed by atoms with van der Waals surface area (Å²) in [6.07, 6.45) is -1.22. The molecule has 1 amide bonds. The van der Waals surface area contributed by atoms with Crippen molar-refractivity contribution in [3.8, 4) is 11.5 Å². The number of halogens is 4. The Labute approximate surface area is 194 Å². The van der Waals surface area contributed by atoms with Crippen LogP contribution in [-0.2, 0) is 0 Å². The minimum absolute atomic E-state index is 0.0682. The molecule has 2 aromatic carbocycles. The zero-order valence-corrected chi connectivity index (χ0v) is 17.9. The van der Waals surface area contributed by atoms with Gasteiger partial charge in [-0.1, -0.05) is 0 Å². The maximum atomic E-state index is 14.5. The molecule has 0 saturated carbocycles. The van der Waals surface area contributed by atoms with E-state index in [2.05, 4.69) is 14.7 Å². The minimum Gasteiger partial charge on any atom is -0.487 e. The quantitative estimate of drug-likeness (QED) is 0.425. The number of ether oxygens (including phenoxy) is 2. The van der Waals surface area contributed by atoms with Gasteiger partial charge in [-0.05, 0) is 37.1 Å². The number of nitrogens with zero attached hydrogens (tertiary/aromatic N) is 4. The second kappa shape index (κ2) is 7.45.